The van der Waals surface area contributed by atoms with E-state index in [1.807, 2.05) is 53.7 Å². The predicted octanol–water partition coefficient (Wildman–Crippen LogP) is 4.05. The van der Waals surface area contributed by atoms with Crippen LogP contribution in [0.3, 0.4) is 0 Å². The zero-order chi connectivity index (χ0) is 16.7. The third kappa shape index (κ3) is 5.53. The first-order chi connectivity index (χ1) is 11.1. The van der Waals surface area contributed by atoms with Gasteiger partial charge in [0.2, 0.25) is 0 Å². The zero-order valence-electron chi connectivity index (χ0n) is 13.7. The molecule has 0 saturated heterocycles. The van der Waals surface area contributed by atoms with E-state index in [-0.39, 0.29) is 5.91 Å². The molecule has 4 nitrogen and oxygen atoms in total. The van der Waals surface area contributed by atoms with Crippen LogP contribution in [0.1, 0.15) is 29.1 Å². The molecule has 2 rings (SSSR count). The van der Waals surface area contributed by atoms with Crippen molar-refractivity contribution in [1.29, 1.82) is 0 Å². The molecular weight excluding hydrogens is 308 g/mol. The van der Waals surface area contributed by atoms with Crippen LogP contribution in [0.15, 0.2) is 52.8 Å². The quantitative estimate of drug-likeness (QED) is 0.613. The van der Waals surface area contributed by atoms with Crippen molar-refractivity contribution in [2.24, 2.45) is 10.9 Å². The lowest BCUT2D eigenvalue weighted by Crippen LogP contribution is -2.30. The molecule has 0 aliphatic rings. The van der Waals surface area contributed by atoms with E-state index >= 15 is 0 Å². The van der Waals surface area contributed by atoms with Gasteiger partial charge in [0.1, 0.15) is 0 Å². The average Bonchev–Trinajstić information content (AvgIpc) is 3.06. The van der Waals surface area contributed by atoms with Crippen molar-refractivity contribution in [3.05, 3.63) is 58.3 Å². The third-order valence-corrected chi connectivity index (χ3v) is 3.92. The molecule has 0 atom stereocenters. The molecule has 122 valence electrons. The molecule has 0 fully saturated rings. The van der Waals surface area contributed by atoms with Crippen LogP contribution in [-0.2, 0) is 11.3 Å². The number of ether oxygens (including phenoxy) is 1. The molecule has 5 heteroatoms. The van der Waals surface area contributed by atoms with Crippen LogP contribution in [0.25, 0.3) is 0 Å². The second-order valence-corrected chi connectivity index (χ2v) is 6.67. The van der Waals surface area contributed by atoms with Gasteiger partial charge >= 0.3 is 0 Å². The molecule has 1 aromatic carbocycles. The third-order valence-electron chi connectivity index (χ3n) is 3.06. The van der Waals surface area contributed by atoms with Gasteiger partial charge in [0, 0.05) is 13.6 Å². The maximum Gasteiger partial charge on any atom is 0.295 e. The number of aliphatic imine (C=N–C) groups is 1. The Morgan fingerprint density at radius 2 is 1.96 bits per heavy atom. The number of carbonyl (C=O) groups excluding carboxylic acids is 1. The molecule has 2 aromatic rings. The summed E-state index contributed by atoms with van der Waals surface area (Å²) in [6, 6.07) is 14.0. The van der Waals surface area contributed by atoms with Crippen LogP contribution >= 0.6 is 11.3 Å². The summed E-state index contributed by atoms with van der Waals surface area (Å²) in [4.78, 5) is 18.9. The van der Waals surface area contributed by atoms with Gasteiger partial charge in [0.15, 0.2) is 0 Å². The lowest BCUT2D eigenvalue weighted by atomic mass is 10.2. The maximum absolute atomic E-state index is 12.2. The fourth-order valence-electron chi connectivity index (χ4n) is 1.94. The number of rotatable bonds is 5. The van der Waals surface area contributed by atoms with Crippen LogP contribution in [0.5, 0.6) is 0 Å². The first-order valence-electron chi connectivity index (χ1n) is 7.60. The Bertz CT molecular complexity index is 636. The van der Waals surface area contributed by atoms with Gasteiger partial charge in [-0.15, -0.1) is 11.3 Å². The van der Waals surface area contributed by atoms with Gasteiger partial charge in [0.05, 0.1) is 11.5 Å². The highest BCUT2D eigenvalue weighted by molar-refractivity contribution is 7.12. The molecule has 0 saturated carbocycles. The van der Waals surface area contributed by atoms with E-state index in [4.69, 9.17) is 4.74 Å². The fraction of sp³-hybridized carbons (Fsp3) is 0.333. The average molecular weight is 330 g/mol. The first-order valence-corrected chi connectivity index (χ1v) is 8.48. The number of hydrogen-bond donors (Lipinski definition) is 0. The van der Waals surface area contributed by atoms with Gasteiger partial charge in [-0.1, -0.05) is 50.2 Å². The second kappa shape index (κ2) is 8.48. The Balaban J connectivity index is 2.13. The number of carbonyl (C=O) groups is 1. The maximum atomic E-state index is 12.2. The number of amides is 1. The number of benzene rings is 1. The number of amidine groups is 1. The highest BCUT2D eigenvalue weighted by atomic mass is 32.1. The Morgan fingerprint density at radius 1 is 1.22 bits per heavy atom. The normalized spacial score (nSPS) is 11.6. The number of nitrogens with zero attached hydrogens (tertiary/aromatic N) is 2. The number of hydrogen-bond acceptors (Lipinski definition) is 3. The molecule has 0 radical (unpaired) electrons. The number of thiophene rings is 1. The molecule has 0 aliphatic carbocycles. The zero-order valence-corrected chi connectivity index (χ0v) is 14.5. The van der Waals surface area contributed by atoms with Crippen molar-refractivity contribution in [3.8, 4) is 0 Å². The van der Waals surface area contributed by atoms with Crippen LogP contribution < -0.4 is 0 Å². The van der Waals surface area contributed by atoms with Gasteiger partial charge in [-0.3, -0.25) is 4.79 Å². The van der Waals surface area contributed by atoms with Crippen molar-refractivity contribution in [2.75, 3.05) is 13.7 Å². The molecule has 1 aromatic heterocycles. The molecule has 0 spiro atoms. The molecule has 0 N–H and O–H groups in total. The minimum absolute atomic E-state index is 0.265. The Hall–Kier alpha value is -2.14. The lowest BCUT2D eigenvalue weighted by molar-refractivity contribution is 0.0996. The monoisotopic (exact) mass is 330 g/mol. The van der Waals surface area contributed by atoms with Crippen LogP contribution in [0.2, 0.25) is 0 Å². The summed E-state index contributed by atoms with van der Waals surface area (Å²) >= 11 is 1.38. The lowest BCUT2D eigenvalue weighted by Gasteiger charge is -2.21. The van der Waals surface area contributed by atoms with Crippen molar-refractivity contribution in [3.63, 3.8) is 0 Å². The molecule has 1 heterocycles. The summed E-state index contributed by atoms with van der Waals surface area (Å²) in [6.45, 7) is 5.29. The van der Waals surface area contributed by atoms with E-state index in [9.17, 15) is 4.79 Å². The topological polar surface area (TPSA) is 41.9 Å². The minimum atomic E-state index is -0.265. The van der Waals surface area contributed by atoms with Crippen LogP contribution in [-0.4, -0.2) is 30.5 Å². The Labute approximate surface area is 141 Å². The van der Waals surface area contributed by atoms with E-state index in [0.29, 0.717) is 30.0 Å². The molecule has 1 amide bonds. The van der Waals surface area contributed by atoms with E-state index in [2.05, 4.69) is 18.8 Å². The van der Waals surface area contributed by atoms with Gasteiger partial charge in [-0.05, 0) is 22.9 Å². The Kier molecular flexibility index (Phi) is 6.35. The smallest absolute Gasteiger partial charge is 0.295 e. The van der Waals surface area contributed by atoms with Crippen LogP contribution in [0, 0.1) is 5.92 Å². The molecule has 23 heavy (non-hydrogen) atoms. The highest BCUT2D eigenvalue weighted by Crippen LogP contribution is 2.12. The molecular formula is C18H22N2O2S. The van der Waals surface area contributed by atoms with Crippen molar-refractivity contribution in [2.45, 2.75) is 20.4 Å². The predicted molar refractivity (Wildman–Crippen MR) is 94.8 cm³/mol. The van der Waals surface area contributed by atoms with Crippen molar-refractivity contribution >= 4 is 23.3 Å². The summed E-state index contributed by atoms with van der Waals surface area (Å²) in [5.74, 6) is 0.0980. The summed E-state index contributed by atoms with van der Waals surface area (Å²) < 4.78 is 5.77. The summed E-state index contributed by atoms with van der Waals surface area (Å²) in [6.07, 6.45) is 0. The van der Waals surface area contributed by atoms with Gasteiger partial charge in [-0.25, -0.2) is 0 Å². The molecule has 0 unspecified atom stereocenters. The van der Waals surface area contributed by atoms with Crippen LogP contribution in [0.4, 0.5) is 0 Å². The van der Waals surface area contributed by atoms with Gasteiger partial charge < -0.3 is 9.64 Å². The van der Waals surface area contributed by atoms with E-state index < -0.39 is 0 Å². The van der Waals surface area contributed by atoms with E-state index in [1.54, 1.807) is 6.07 Å². The minimum Gasteiger partial charge on any atom is -0.465 e. The van der Waals surface area contributed by atoms with Gasteiger partial charge in [-0.2, -0.15) is 4.99 Å². The molecule has 0 aliphatic heterocycles. The standard InChI is InChI=1S/C18H22N2O2S/c1-14(2)13-22-18(19-17(21)16-10-7-11-23-16)20(3)12-15-8-5-4-6-9-15/h4-11,14H,12-13H2,1-3H3. The summed E-state index contributed by atoms with van der Waals surface area (Å²) in [5.41, 5.74) is 1.14. The van der Waals surface area contributed by atoms with Crippen molar-refractivity contribution in [1.82, 2.24) is 4.90 Å². The molecule has 0 bridgehead atoms. The van der Waals surface area contributed by atoms with E-state index in [1.165, 1.54) is 11.3 Å². The first kappa shape index (κ1) is 17.2. The SMILES string of the molecule is CC(C)COC(=NC(=O)c1cccs1)N(C)Cc1ccccc1. The fourth-order valence-corrected chi connectivity index (χ4v) is 2.54. The van der Waals surface area contributed by atoms with E-state index in [0.717, 1.165) is 5.56 Å². The second-order valence-electron chi connectivity index (χ2n) is 5.72. The van der Waals surface area contributed by atoms with Crippen molar-refractivity contribution < 1.29 is 9.53 Å². The summed E-state index contributed by atoms with van der Waals surface area (Å²) in [7, 11) is 1.88. The van der Waals surface area contributed by atoms with Gasteiger partial charge in [0.25, 0.3) is 11.9 Å². The largest absolute Gasteiger partial charge is 0.465 e. The summed E-state index contributed by atoms with van der Waals surface area (Å²) in [5, 5.41) is 1.87. The Morgan fingerprint density at radius 3 is 2.57 bits per heavy atom. The highest BCUT2D eigenvalue weighted by Gasteiger charge is 2.14.